The molecule has 1 aromatic heterocycles. The summed E-state index contributed by atoms with van der Waals surface area (Å²) in [6.45, 7) is 4.71. The molecule has 0 aliphatic heterocycles. The van der Waals surface area contributed by atoms with Gasteiger partial charge >= 0.3 is 0 Å². The van der Waals surface area contributed by atoms with Gasteiger partial charge in [0.25, 0.3) is 0 Å². The molecule has 0 saturated heterocycles. The minimum atomic E-state index is -0.467. The molecule has 0 aromatic carbocycles. The van der Waals surface area contributed by atoms with Gasteiger partial charge in [-0.2, -0.15) is 0 Å². The number of anilines is 1. The fourth-order valence-corrected chi connectivity index (χ4v) is 1.62. The normalized spacial score (nSPS) is 14.4. The summed E-state index contributed by atoms with van der Waals surface area (Å²) in [6, 6.07) is 4.15. The third-order valence-electron chi connectivity index (χ3n) is 2.98. The first kappa shape index (κ1) is 13.9. The number of rotatable bonds is 6. The van der Waals surface area contributed by atoms with Gasteiger partial charge in [0.05, 0.1) is 30.3 Å². The Morgan fingerprint density at radius 3 is 2.65 bits per heavy atom. The second kappa shape index (κ2) is 6.57. The average molecular weight is 238 g/mol. The van der Waals surface area contributed by atoms with Crippen LogP contribution in [0.2, 0.25) is 0 Å². The Morgan fingerprint density at radius 1 is 1.47 bits per heavy atom. The molecule has 1 aromatic rings. The number of aromatic nitrogens is 1. The Morgan fingerprint density at radius 2 is 2.18 bits per heavy atom. The van der Waals surface area contributed by atoms with Crippen molar-refractivity contribution in [3.05, 3.63) is 24.0 Å². The zero-order chi connectivity index (χ0) is 12.8. The Hall–Kier alpha value is -1.13. The van der Waals surface area contributed by atoms with E-state index in [2.05, 4.69) is 16.8 Å². The first-order chi connectivity index (χ1) is 8.10. The lowest BCUT2D eigenvalue weighted by molar-refractivity contribution is 0.169. The molecule has 17 heavy (non-hydrogen) atoms. The number of ether oxygens (including phenoxy) is 1. The molecule has 1 N–H and O–H groups in total. The van der Waals surface area contributed by atoms with E-state index in [0.29, 0.717) is 19.1 Å². The van der Waals surface area contributed by atoms with Crippen molar-refractivity contribution in [2.75, 3.05) is 25.7 Å². The highest BCUT2D eigenvalue weighted by molar-refractivity contribution is 5.44. The zero-order valence-electron chi connectivity index (χ0n) is 11.1. The lowest BCUT2D eigenvalue weighted by Gasteiger charge is -2.26. The molecule has 0 spiro atoms. The molecule has 0 radical (unpaired) electrons. The number of aliphatic hydroxyl groups is 1. The van der Waals surface area contributed by atoms with Gasteiger partial charge in [-0.05, 0) is 25.5 Å². The van der Waals surface area contributed by atoms with Crippen LogP contribution in [-0.2, 0) is 4.74 Å². The van der Waals surface area contributed by atoms with Crippen molar-refractivity contribution in [3.63, 3.8) is 0 Å². The second-order valence-electron chi connectivity index (χ2n) is 4.28. The monoisotopic (exact) mass is 238 g/mol. The molecule has 4 nitrogen and oxygen atoms in total. The van der Waals surface area contributed by atoms with E-state index in [1.54, 1.807) is 13.3 Å². The van der Waals surface area contributed by atoms with Crippen molar-refractivity contribution in [2.24, 2.45) is 0 Å². The molecule has 0 aliphatic rings. The van der Waals surface area contributed by atoms with Crippen LogP contribution >= 0.6 is 0 Å². The van der Waals surface area contributed by atoms with Crippen molar-refractivity contribution in [3.8, 4) is 0 Å². The van der Waals surface area contributed by atoms with Crippen LogP contribution < -0.4 is 4.90 Å². The Balaban J connectivity index is 2.73. The zero-order valence-corrected chi connectivity index (χ0v) is 11.1. The predicted molar refractivity (Wildman–Crippen MR) is 69.2 cm³/mol. The standard InChI is InChI=1S/C13H22N2O2/c1-5-13(16)12-7-6-11(8-14-12)15(3)10(2)9-17-4/h6-8,10,13,16H,5,9H2,1-4H3/t10?,13-/m0/s1. The number of aliphatic hydroxyl groups excluding tert-OH is 1. The molecule has 0 fully saturated rings. The molecular weight excluding hydrogens is 216 g/mol. The van der Waals surface area contributed by atoms with E-state index in [9.17, 15) is 5.11 Å². The summed E-state index contributed by atoms with van der Waals surface area (Å²) in [5, 5.41) is 9.66. The number of hydrogen-bond donors (Lipinski definition) is 1. The third kappa shape index (κ3) is 3.68. The number of pyridine rings is 1. The van der Waals surface area contributed by atoms with Crippen LogP contribution in [0, 0.1) is 0 Å². The summed E-state index contributed by atoms with van der Waals surface area (Å²) in [7, 11) is 3.71. The summed E-state index contributed by atoms with van der Waals surface area (Å²) >= 11 is 0. The van der Waals surface area contributed by atoms with Crippen molar-refractivity contribution >= 4 is 5.69 Å². The summed E-state index contributed by atoms with van der Waals surface area (Å²) in [5.41, 5.74) is 1.76. The topological polar surface area (TPSA) is 45.6 Å². The Labute approximate surface area is 103 Å². The van der Waals surface area contributed by atoms with Crippen molar-refractivity contribution < 1.29 is 9.84 Å². The lowest BCUT2D eigenvalue weighted by Crippen LogP contribution is -2.32. The van der Waals surface area contributed by atoms with Crippen molar-refractivity contribution in [1.82, 2.24) is 4.98 Å². The van der Waals surface area contributed by atoms with Gasteiger partial charge in [0, 0.05) is 20.2 Å². The maximum Gasteiger partial charge on any atom is 0.0957 e. The van der Waals surface area contributed by atoms with Crippen LogP contribution in [0.1, 0.15) is 32.1 Å². The smallest absolute Gasteiger partial charge is 0.0957 e. The van der Waals surface area contributed by atoms with Gasteiger partial charge in [0.1, 0.15) is 0 Å². The van der Waals surface area contributed by atoms with E-state index in [-0.39, 0.29) is 0 Å². The highest BCUT2D eigenvalue weighted by Gasteiger charge is 2.11. The molecule has 4 heteroatoms. The Bertz CT molecular complexity index is 327. The van der Waals surface area contributed by atoms with Crippen molar-refractivity contribution in [2.45, 2.75) is 32.4 Å². The molecule has 96 valence electrons. The first-order valence-corrected chi connectivity index (χ1v) is 5.95. The second-order valence-corrected chi connectivity index (χ2v) is 4.28. The maximum atomic E-state index is 9.66. The highest BCUT2D eigenvalue weighted by atomic mass is 16.5. The SMILES string of the molecule is CC[C@H](O)c1ccc(N(C)C(C)COC)cn1. The molecule has 0 bridgehead atoms. The third-order valence-corrected chi connectivity index (χ3v) is 2.98. The molecule has 1 heterocycles. The van der Waals surface area contributed by atoms with E-state index in [4.69, 9.17) is 4.74 Å². The number of hydrogen-bond acceptors (Lipinski definition) is 4. The minimum absolute atomic E-state index is 0.295. The van der Waals surface area contributed by atoms with E-state index < -0.39 is 6.10 Å². The molecule has 0 aliphatic carbocycles. The summed E-state index contributed by atoms with van der Waals surface area (Å²) in [4.78, 5) is 6.39. The van der Waals surface area contributed by atoms with E-state index in [1.165, 1.54) is 0 Å². The molecule has 1 unspecified atom stereocenters. The van der Waals surface area contributed by atoms with Crippen LogP contribution in [0.15, 0.2) is 18.3 Å². The van der Waals surface area contributed by atoms with E-state index in [0.717, 1.165) is 11.4 Å². The number of likely N-dealkylation sites (N-methyl/N-ethyl adjacent to an activating group) is 1. The van der Waals surface area contributed by atoms with Gasteiger partial charge in [-0.25, -0.2) is 0 Å². The fraction of sp³-hybridized carbons (Fsp3) is 0.615. The molecule has 0 amide bonds. The highest BCUT2D eigenvalue weighted by Crippen LogP contribution is 2.18. The van der Waals surface area contributed by atoms with E-state index >= 15 is 0 Å². The van der Waals surface area contributed by atoms with Gasteiger partial charge in [-0.1, -0.05) is 6.92 Å². The number of methoxy groups -OCH3 is 1. The quantitative estimate of drug-likeness (QED) is 0.823. The minimum Gasteiger partial charge on any atom is -0.387 e. The maximum absolute atomic E-state index is 9.66. The van der Waals surface area contributed by atoms with Crippen LogP contribution in [0.3, 0.4) is 0 Å². The predicted octanol–water partition coefficient (Wildman–Crippen LogP) is 2.00. The number of nitrogens with zero attached hydrogens (tertiary/aromatic N) is 2. The molecule has 1 rings (SSSR count). The molecule has 0 saturated carbocycles. The molecular formula is C13H22N2O2. The van der Waals surface area contributed by atoms with Gasteiger partial charge in [-0.15, -0.1) is 0 Å². The van der Waals surface area contributed by atoms with Crippen LogP contribution in [0.4, 0.5) is 5.69 Å². The first-order valence-electron chi connectivity index (χ1n) is 5.95. The van der Waals surface area contributed by atoms with Crippen LogP contribution in [0.5, 0.6) is 0 Å². The van der Waals surface area contributed by atoms with Crippen LogP contribution in [-0.4, -0.2) is 36.9 Å². The summed E-state index contributed by atoms with van der Waals surface area (Å²) in [5.74, 6) is 0. The van der Waals surface area contributed by atoms with Crippen molar-refractivity contribution in [1.29, 1.82) is 0 Å². The van der Waals surface area contributed by atoms with Gasteiger partial charge < -0.3 is 14.7 Å². The average Bonchev–Trinajstić information content (AvgIpc) is 2.37. The van der Waals surface area contributed by atoms with E-state index in [1.807, 2.05) is 26.1 Å². The lowest BCUT2D eigenvalue weighted by atomic mass is 10.2. The molecule has 2 atom stereocenters. The summed E-state index contributed by atoms with van der Waals surface area (Å²) in [6.07, 6.45) is 2.01. The largest absolute Gasteiger partial charge is 0.387 e. The van der Waals surface area contributed by atoms with Gasteiger partial charge in [-0.3, -0.25) is 4.98 Å². The fourth-order valence-electron chi connectivity index (χ4n) is 1.62. The van der Waals surface area contributed by atoms with Crippen LogP contribution in [0.25, 0.3) is 0 Å². The Kier molecular flexibility index (Phi) is 5.38. The van der Waals surface area contributed by atoms with Gasteiger partial charge in [0.2, 0.25) is 0 Å². The summed E-state index contributed by atoms with van der Waals surface area (Å²) < 4.78 is 5.12. The van der Waals surface area contributed by atoms with Gasteiger partial charge in [0.15, 0.2) is 0 Å².